The van der Waals surface area contributed by atoms with Gasteiger partial charge < -0.3 is 13.9 Å². The van der Waals surface area contributed by atoms with Gasteiger partial charge >= 0.3 is 5.97 Å². The van der Waals surface area contributed by atoms with Crippen LogP contribution in [0.5, 0.6) is 0 Å². The second kappa shape index (κ2) is 5.54. The van der Waals surface area contributed by atoms with Crippen LogP contribution in [0, 0.1) is 11.3 Å². The summed E-state index contributed by atoms with van der Waals surface area (Å²) in [5.41, 5.74) is 0.136. The summed E-state index contributed by atoms with van der Waals surface area (Å²) in [5, 5.41) is 8.81. The normalized spacial score (nSPS) is 33.6. The Morgan fingerprint density at radius 2 is 2.12 bits per heavy atom. The van der Waals surface area contributed by atoms with Gasteiger partial charge in [0.25, 0.3) is 0 Å². The maximum Gasteiger partial charge on any atom is 0.338 e. The van der Waals surface area contributed by atoms with E-state index >= 15 is 0 Å². The zero-order valence-corrected chi connectivity index (χ0v) is 16.9. The predicted molar refractivity (Wildman–Crippen MR) is 96.3 cm³/mol. The molecule has 6 heteroatoms. The SMILES string of the molecule is CC(C)(C)[Si](C)(C)O[C@@H]1CC[C@@]23C=C[C@@](C)(O2)C(C(=O)OCC#N)=C13. The minimum absolute atomic E-state index is 0.0863. The van der Waals surface area contributed by atoms with E-state index in [1.165, 1.54) is 0 Å². The monoisotopic (exact) mass is 361 g/mol. The lowest BCUT2D eigenvalue weighted by molar-refractivity contribution is -0.139. The molecule has 5 nitrogen and oxygen atoms in total. The molecule has 136 valence electrons. The van der Waals surface area contributed by atoms with Crippen molar-refractivity contribution >= 4 is 14.3 Å². The Kier molecular flexibility index (Phi) is 4.07. The quantitative estimate of drug-likeness (QED) is 0.434. The van der Waals surface area contributed by atoms with Crippen LogP contribution >= 0.6 is 0 Å². The van der Waals surface area contributed by atoms with E-state index in [4.69, 9.17) is 19.2 Å². The van der Waals surface area contributed by atoms with Gasteiger partial charge in [-0.15, -0.1) is 0 Å². The fourth-order valence-corrected chi connectivity index (χ4v) is 5.12. The molecule has 1 aliphatic carbocycles. The molecule has 0 aromatic carbocycles. The van der Waals surface area contributed by atoms with Crippen LogP contribution in [-0.4, -0.2) is 38.2 Å². The van der Waals surface area contributed by atoms with E-state index in [-0.39, 0.29) is 17.7 Å². The molecule has 1 saturated carbocycles. The Morgan fingerprint density at radius 3 is 2.72 bits per heavy atom. The third-order valence-electron chi connectivity index (χ3n) is 6.10. The van der Waals surface area contributed by atoms with Crippen LogP contribution in [0.25, 0.3) is 0 Å². The summed E-state index contributed by atoms with van der Waals surface area (Å²) >= 11 is 0. The fourth-order valence-electron chi connectivity index (χ4n) is 3.82. The van der Waals surface area contributed by atoms with Crippen molar-refractivity contribution in [3.63, 3.8) is 0 Å². The van der Waals surface area contributed by atoms with Crippen molar-refractivity contribution in [1.82, 2.24) is 0 Å². The predicted octanol–water partition coefficient (Wildman–Crippen LogP) is 3.63. The molecule has 0 aromatic heterocycles. The summed E-state index contributed by atoms with van der Waals surface area (Å²) in [4.78, 5) is 12.7. The van der Waals surface area contributed by atoms with Crippen LogP contribution in [-0.2, 0) is 18.7 Å². The van der Waals surface area contributed by atoms with Gasteiger partial charge in [-0.1, -0.05) is 20.8 Å². The van der Waals surface area contributed by atoms with E-state index in [0.717, 1.165) is 18.4 Å². The molecule has 0 N–H and O–H groups in total. The number of fused-ring (bicyclic) bond motifs is 1. The number of ether oxygens (including phenoxy) is 2. The Morgan fingerprint density at radius 1 is 1.44 bits per heavy atom. The van der Waals surface area contributed by atoms with Crippen LogP contribution in [0.2, 0.25) is 18.1 Å². The molecule has 2 bridgehead atoms. The Bertz CT molecular complexity index is 712. The lowest BCUT2D eigenvalue weighted by atomic mass is 9.83. The maximum atomic E-state index is 12.7. The first kappa shape index (κ1) is 18.4. The standard InChI is InChI=1S/C19H27NO4Si/c1-17(2,3)25(5,6)23-13-7-8-19-10-9-18(4,24-19)15(14(13)19)16(21)22-12-11-20/h9-10,13H,7-8,12H2,1-6H3/t13-,18-,19+/m1/s1. The van der Waals surface area contributed by atoms with E-state index in [9.17, 15) is 4.79 Å². The highest BCUT2D eigenvalue weighted by Crippen LogP contribution is 2.58. The molecular weight excluding hydrogens is 334 g/mol. The van der Waals surface area contributed by atoms with Crippen molar-refractivity contribution < 1.29 is 18.7 Å². The van der Waals surface area contributed by atoms with Crippen molar-refractivity contribution in [1.29, 1.82) is 5.26 Å². The van der Waals surface area contributed by atoms with Crippen molar-refractivity contribution in [3.05, 3.63) is 23.3 Å². The summed E-state index contributed by atoms with van der Waals surface area (Å²) in [7, 11) is -1.99. The third-order valence-corrected chi connectivity index (χ3v) is 10.6. The van der Waals surface area contributed by atoms with E-state index in [1.807, 2.05) is 19.1 Å². The minimum atomic E-state index is -1.99. The number of esters is 1. The van der Waals surface area contributed by atoms with Crippen molar-refractivity contribution in [2.45, 2.75) is 76.0 Å². The Hall–Kier alpha value is -1.42. The molecule has 3 aliphatic rings. The number of carbonyl (C=O) groups is 1. The van der Waals surface area contributed by atoms with Gasteiger partial charge in [-0.25, -0.2) is 4.79 Å². The summed E-state index contributed by atoms with van der Waals surface area (Å²) in [5.74, 6) is -0.462. The van der Waals surface area contributed by atoms with Crippen molar-refractivity contribution in [2.24, 2.45) is 0 Å². The first-order valence-corrected chi connectivity index (χ1v) is 11.7. The van der Waals surface area contributed by atoms with E-state index in [0.29, 0.717) is 5.57 Å². The van der Waals surface area contributed by atoms with Gasteiger partial charge in [-0.3, -0.25) is 0 Å². The van der Waals surface area contributed by atoms with E-state index in [1.54, 1.807) is 0 Å². The fraction of sp³-hybridized carbons (Fsp3) is 0.684. The van der Waals surface area contributed by atoms with E-state index in [2.05, 4.69) is 39.9 Å². The van der Waals surface area contributed by atoms with Crippen LogP contribution < -0.4 is 0 Å². The molecule has 3 rings (SSSR count). The topological polar surface area (TPSA) is 68.6 Å². The number of hydrogen-bond donors (Lipinski definition) is 0. The zero-order valence-electron chi connectivity index (χ0n) is 15.9. The van der Waals surface area contributed by atoms with Gasteiger partial charge in [0.1, 0.15) is 17.3 Å². The zero-order chi connectivity index (χ0) is 18.7. The lowest BCUT2D eigenvalue weighted by Gasteiger charge is -2.39. The molecule has 1 fully saturated rings. The second-order valence-corrected chi connectivity index (χ2v) is 13.6. The number of carbonyl (C=O) groups excluding carboxylic acids is 1. The molecule has 2 heterocycles. The Balaban J connectivity index is 1.99. The van der Waals surface area contributed by atoms with Crippen LogP contribution in [0.4, 0.5) is 0 Å². The number of rotatable bonds is 4. The summed E-state index contributed by atoms with van der Waals surface area (Å²) < 4.78 is 18.1. The van der Waals surface area contributed by atoms with Gasteiger partial charge in [0.2, 0.25) is 0 Å². The molecular formula is C19H27NO4Si. The molecule has 3 atom stereocenters. The molecule has 0 unspecified atom stereocenters. The molecule has 2 aliphatic heterocycles. The summed E-state index contributed by atoms with van der Waals surface area (Å²) in [6.07, 6.45) is 5.52. The Labute approximate surface area is 150 Å². The second-order valence-electron chi connectivity index (χ2n) is 8.86. The van der Waals surface area contributed by atoms with Gasteiger partial charge in [-0.2, -0.15) is 5.26 Å². The highest BCUT2D eigenvalue weighted by atomic mass is 28.4. The largest absolute Gasteiger partial charge is 0.447 e. The molecule has 0 radical (unpaired) electrons. The van der Waals surface area contributed by atoms with Gasteiger partial charge in [0, 0.05) is 5.57 Å². The lowest BCUT2D eigenvalue weighted by Crippen LogP contribution is -2.44. The van der Waals surface area contributed by atoms with Crippen molar-refractivity contribution in [3.8, 4) is 6.07 Å². The number of hydrogen-bond acceptors (Lipinski definition) is 5. The number of nitriles is 1. The van der Waals surface area contributed by atoms with Crippen LogP contribution in [0.3, 0.4) is 0 Å². The maximum absolute atomic E-state index is 12.7. The smallest absolute Gasteiger partial charge is 0.338 e. The van der Waals surface area contributed by atoms with Crippen LogP contribution in [0.15, 0.2) is 23.3 Å². The molecule has 0 aromatic rings. The average molecular weight is 362 g/mol. The van der Waals surface area contributed by atoms with Gasteiger partial charge in [0.05, 0.1) is 11.7 Å². The van der Waals surface area contributed by atoms with Crippen LogP contribution in [0.1, 0.15) is 40.5 Å². The third kappa shape index (κ3) is 2.69. The molecule has 0 saturated heterocycles. The minimum Gasteiger partial charge on any atom is -0.447 e. The van der Waals surface area contributed by atoms with Gasteiger partial charge in [0.15, 0.2) is 14.9 Å². The molecule has 25 heavy (non-hydrogen) atoms. The van der Waals surface area contributed by atoms with Gasteiger partial charge in [-0.05, 0) is 50.0 Å². The molecule has 0 amide bonds. The average Bonchev–Trinajstić information content (AvgIpc) is 3.08. The highest BCUT2D eigenvalue weighted by Gasteiger charge is 2.62. The summed E-state index contributed by atoms with van der Waals surface area (Å²) in [6.45, 7) is 12.7. The van der Waals surface area contributed by atoms with Crippen molar-refractivity contribution in [2.75, 3.05) is 6.61 Å². The van der Waals surface area contributed by atoms with E-state index < -0.39 is 25.5 Å². The summed E-state index contributed by atoms with van der Waals surface area (Å²) in [6, 6.07) is 1.86. The number of nitrogens with zero attached hydrogens (tertiary/aromatic N) is 1. The first-order valence-electron chi connectivity index (χ1n) is 8.83. The highest BCUT2D eigenvalue weighted by molar-refractivity contribution is 6.74. The molecule has 1 spiro atoms. The first-order chi connectivity index (χ1) is 11.5.